The van der Waals surface area contributed by atoms with E-state index in [1.807, 2.05) is 10.6 Å². The number of nitrogens with zero attached hydrogens (tertiary/aromatic N) is 3. The van der Waals surface area contributed by atoms with Gasteiger partial charge in [0, 0.05) is 11.1 Å². The third-order valence-corrected chi connectivity index (χ3v) is 3.09. The molecule has 0 spiro atoms. The van der Waals surface area contributed by atoms with Crippen LogP contribution in [0, 0.1) is 5.82 Å². The zero-order valence-corrected chi connectivity index (χ0v) is 11.5. The van der Waals surface area contributed by atoms with Crippen molar-refractivity contribution in [3.63, 3.8) is 0 Å². The van der Waals surface area contributed by atoms with E-state index in [1.54, 1.807) is 12.4 Å². The summed E-state index contributed by atoms with van der Waals surface area (Å²) < 4.78 is 15.9. The second kappa shape index (κ2) is 4.22. The Morgan fingerprint density at radius 3 is 2.59 bits per heavy atom. The summed E-state index contributed by atoms with van der Waals surface area (Å²) in [5, 5.41) is 7.95. The summed E-state index contributed by atoms with van der Waals surface area (Å²) in [5.41, 5.74) is 0.584. The minimum atomic E-state index is -0.300. The van der Waals surface area contributed by atoms with E-state index < -0.39 is 0 Å². The van der Waals surface area contributed by atoms with Crippen molar-refractivity contribution < 1.29 is 4.39 Å². The second-order valence-electron chi connectivity index (χ2n) is 4.82. The zero-order valence-electron chi connectivity index (χ0n) is 9.91. The van der Waals surface area contributed by atoms with Gasteiger partial charge in [0.25, 0.3) is 0 Å². The normalized spacial score (nSPS) is 11.8. The molecule has 0 radical (unpaired) electrons. The van der Waals surface area contributed by atoms with Crippen LogP contribution in [0.4, 0.5) is 4.39 Å². The molecule has 0 N–H and O–H groups in total. The molecule has 90 valence electrons. The molecule has 17 heavy (non-hydrogen) atoms. The van der Waals surface area contributed by atoms with Crippen molar-refractivity contribution in [3.05, 3.63) is 34.8 Å². The van der Waals surface area contributed by atoms with Crippen LogP contribution in [0.1, 0.15) is 20.8 Å². The summed E-state index contributed by atoms with van der Waals surface area (Å²) in [5.74, 6) is 0.370. The molecule has 0 bridgehead atoms. The molecule has 0 saturated carbocycles. The number of aromatic nitrogens is 3. The van der Waals surface area contributed by atoms with Crippen molar-refractivity contribution in [2.75, 3.05) is 0 Å². The molecule has 0 aliphatic rings. The number of rotatable bonds is 1. The van der Waals surface area contributed by atoms with Gasteiger partial charge in [0.05, 0.1) is 4.47 Å². The third kappa shape index (κ3) is 2.39. The molecule has 0 unspecified atom stereocenters. The molecule has 3 nitrogen and oxygen atoms in total. The fraction of sp³-hybridized carbons (Fsp3) is 0.333. The van der Waals surface area contributed by atoms with Crippen LogP contribution in [0.3, 0.4) is 0 Å². The van der Waals surface area contributed by atoms with Crippen molar-refractivity contribution >= 4 is 15.9 Å². The maximum absolute atomic E-state index is 13.5. The average Bonchev–Trinajstić information content (AvgIpc) is 2.70. The van der Waals surface area contributed by atoms with E-state index in [2.05, 4.69) is 46.9 Å². The molecule has 0 aliphatic heterocycles. The SMILES string of the molecule is CC(C)(C)n1cnnc1-c1ccc(Br)c(F)c1. The molecule has 0 fully saturated rings. The molecular weight excluding hydrogens is 285 g/mol. The van der Waals surface area contributed by atoms with Crippen LogP contribution in [0.15, 0.2) is 29.0 Å². The van der Waals surface area contributed by atoms with E-state index in [0.29, 0.717) is 10.3 Å². The van der Waals surface area contributed by atoms with Gasteiger partial charge in [-0.3, -0.25) is 0 Å². The first-order valence-corrected chi connectivity index (χ1v) is 6.05. The predicted molar refractivity (Wildman–Crippen MR) is 68.1 cm³/mol. The van der Waals surface area contributed by atoms with Gasteiger partial charge in [0.1, 0.15) is 12.1 Å². The van der Waals surface area contributed by atoms with E-state index in [1.165, 1.54) is 6.07 Å². The molecule has 2 rings (SSSR count). The molecule has 2 aromatic rings. The maximum Gasteiger partial charge on any atom is 0.164 e. The minimum Gasteiger partial charge on any atom is -0.308 e. The Balaban J connectivity index is 2.54. The second-order valence-corrected chi connectivity index (χ2v) is 5.68. The molecule has 1 heterocycles. The van der Waals surface area contributed by atoms with E-state index in [0.717, 1.165) is 5.56 Å². The highest BCUT2D eigenvalue weighted by molar-refractivity contribution is 9.10. The van der Waals surface area contributed by atoms with Gasteiger partial charge in [-0.1, -0.05) is 0 Å². The van der Waals surface area contributed by atoms with E-state index in [4.69, 9.17) is 0 Å². The van der Waals surface area contributed by atoms with Gasteiger partial charge in [-0.25, -0.2) is 4.39 Å². The molecule has 5 heteroatoms. The number of hydrogen-bond acceptors (Lipinski definition) is 2. The van der Waals surface area contributed by atoms with Crippen molar-refractivity contribution in [3.8, 4) is 11.4 Å². The predicted octanol–water partition coefficient (Wildman–Crippen LogP) is 3.60. The van der Waals surface area contributed by atoms with Crippen LogP contribution in [0.2, 0.25) is 0 Å². The Morgan fingerprint density at radius 2 is 2.00 bits per heavy atom. The van der Waals surface area contributed by atoms with E-state index >= 15 is 0 Å². The Labute approximate surface area is 108 Å². The summed E-state index contributed by atoms with van der Waals surface area (Å²) in [6.07, 6.45) is 1.66. The maximum atomic E-state index is 13.5. The van der Waals surface area contributed by atoms with Gasteiger partial charge in [0.15, 0.2) is 5.82 Å². The molecule has 1 aromatic carbocycles. The summed E-state index contributed by atoms with van der Waals surface area (Å²) in [6, 6.07) is 4.95. The van der Waals surface area contributed by atoms with Crippen molar-refractivity contribution in [1.29, 1.82) is 0 Å². The van der Waals surface area contributed by atoms with Crippen molar-refractivity contribution in [2.45, 2.75) is 26.3 Å². The summed E-state index contributed by atoms with van der Waals surface area (Å²) >= 11 is 3.13. The first-order chi connectivity index (χ1) is 7.89. The fourth-order valence-electron chi connectivity index (χ4n) is 1.56. The van der Waals surface area contributed by atoms with Crippen LogP contribution in [-0.2, 0) is 5.54 Å². The monoisotopic (exact) mass is 297 g/mol. The first kappa shape index (κ1) is 12.2. The lowest BCUT2D eigenvalue weighted by Gasteiger charge is -2.22. The molecular formula is C12H13BrFN3. The lowest BCUT2D eigenvalue weighted by Crippen LogP contribution is -2.21. The quantitative estimate of drug-likeness (QED) is 0.805. The van der Waals surface area contributed by atoms with E-state index in [-0.39, 0.29) is 11.4 Å². The van der Waals surface area contributed by atoms with Crippen LogP contribution in [0.5, 0.6) is 0 Å². The Morgan fingerprint density at radius 1 is 1.29 bits per heavy atom. The fourth-order valence-corrected chi connectivity index (χ4v) is 1.80. The largest absolute Gasteiger partial charge is 0.308 e. The zero-order chi connectivity index (χ0) is 12.6. The van der Waals surface area contributed by atoms with Crippen LogP contribution in [0.25, 0.3) is 11.4 Å². The van der Waals surface area contributed by atoms with Gasteiger partial charge >= 0.3 is 0 Å². The standard InChI is InChI=1S/C12H13BrFN3/c1-12(2,3)17-7-15-16-11(17)8-4-5-9(13)10(14)6-8/h4-7H,1-3H3. The highest BCUT2D eigenvalue weighted by Gasteiger charge is 2.19. The highest BCUT2D eigenvalue weighted by atomic mass is 79.9. The lowest BCUT2D eigenvalue weighted by atomic mass is 10.1. The third-order valence-electron chi connectivity index (χ3n) is 2.45. The number of halogens is 2. The summed E-state index contributed by atoms with van der Waals surface area (Å²) in [7, 11) is 0. The van der Waals surface area contributed by atoms with Gasteiger partial charge in [-0.05, 0) is 54.9 Å². The van der Waals surface area contributed by atoms with Crippen LogP contribution in [-0.4, -0.2) is 14.8 Å². The smallest absolute Gasteiger partial charge is 0.164 e. The van der Waals surface area contributed by atoms with E-state index in [9.17, 15) is 4.39 Å². The molecule has 1 aromatic heterocycles. The molecule has 0 atom stereocenters. The topological polar surface area (TPSA) is 30.7 Å². The van der Waals surface area contributed by atoms with Gasteiger partial charge in [-0.15, -0.1) is 10.2 Å². The average molecular weight is 298 g/mol. The Kier molecular flexibility index (Phi) is 3.03. The van der Waals surface area contributed by atoms with Crippen molar-refractivity contribution in [1.82, 2.24) is 14.8 Å². The van der Waals surface area contributed by atoms with Gasteiger partial charge in [-0.2, -0.15) is 0 Å². The van der Waals surface area contributed by atoms with Gasteiger partial charge in [0.2, 0.25) is 0 Å². The van der Waals surface area contributed by atoms with Gasteiger partial charge < -0.3 is 4.57 Å². The lowest BCUT2D eigenvalue weighted by molar-refractivity contribution is 0.399. The highest BCUT2D eigenvalue weighted by Crippen LogP contribution is 2.26. The molecule has 0 amide bonds. The van der Waals surface area contributed by atoms with Crippen LogP contribution >= 0.6 is 15.9 Å². The van der Waals surface area contributed by atoms with Crippen molar-refractivity contribution in [2.24, 2.45) is 0 Å². The molecule has 0 saturated heterocycles. The number of hydrogen-bond donors (Lipinski definition) is 0. The summed E-state index contributed by atoms with van der Waals surface area (Å²) in [4.78, 5) is 0. The van der Waals surface area contributed by atoms with Crippen LogP contribution < -0.4 is 0 Å². The minimum absolute atomic E-state index is 0.137. The summed E-state index contributed by atoms with van der Waals surface area (Å²) in [6.45, 7) is 6.15. The first-order valence-electron chi connectivity index (χ1n) is 5.25. The Hall–Kier alpha value is -1.23. The molecule has 0 aliphatic carbocycles. The number of benzene rings is 1. The Bertz CT molecular complexity index is 543.